The molecule has 0 saturated heterocycles. The van der Waals surface area contributed by atoms with Crippen LogP contribution >= 0.6 is 0 Å². The van der Waals surface area contributed by atoms with E-state index in [2.05, 4.69) is 0 Å². The molecular weight excluding hydrogens is 329 g/mol. The number of benzene rings is 2. The van der Waals surface area contributed by atoms with Gasteiger partial charge >= 0.3 is 0 Å². The molecule has 132 valence electrons. The van der Waals surface area contributed by atoms with Crippen molar-refractivity contribution < 1.29 is 23.4 Å². The Bertz CT molecular complexity index is 763. The molecule has 2 aromatic rings. The smallest absolute Gasteiger partial charge is 0.136 e. The van der Waals surface area contributed by atoms with Gasteiger partial charge in [0, 0.05) is 23.3 Å². The SMILES string of the molecule is Oc1cc(C=Cc2c(F)cc(F)cc2F)cc(O)c1C1CCCCC1. The highest BCUT2D eigenvalue weighted by Gasteiger charge is 2.22. The molecule has 0 unspecified atom stereocenters. The van der Waals surface area contributed by atoms with Crippen LogP contribution in [0.5, 0.6) is 11.5 Å². The Morgan fingerprint density at radius 2 is 1.36 bits per heavy atom. The maximum absolute atomic E-state index is 13.6. The monoisotopic (exact) mass is 348 g/mol. The maximum atomic E-state index is 13.6. The van der Waals surface area contributed by atoms with Crippen LogP contribution in [0, 0.1) is 17.5 Å². The summed E-state index contributed by atoms with van der Waals surface area (Å²) in [6.07, 6.45) is 7.64. The first-order valence-corrected chi connectivity index (χ1v) is 8.34. The number of hydrogen-bond acceptors (Lipinski definition) is 2. The summed E-state index contributed by atoms with van der Waals surface area (Å²) in [4.78, 5) is 0. The van der Waals surface area contributed by atoms with Crippen LogP contribution in [-0.2, 0) is 0 Å². The molecule has 25 heavy (non-hydrogen) atoms. The topological polar surface area (TPSA) is 40.5 Å². The van der Waals surface area contributed by atoms with Crippen molar-refractivity contribution in [3.8, 4) is 11.5 Å². The van der Waals surface area contributed by atoms with Crippen molar-refractivity contribution in [1.29, 1.82) is 0 Å². The third-order valence-electron chi connectivity index (χ3n) is 4.66. The fourth-order valence-corrected chi connectivity index (χ4v) is 3.44. The second kappa shape index (κ2) is 7.21. The van der Waals surface area contributed by atoms with Crippen LogP contribution < -0.4 is 0 Å². The van der Waals surface area contributed by atoms with E-state index in [1.54, 1.807) is 0 Å². The van der Waals surface area contributed by atoms with E-state index in [-0.39, 0.29) is 23.0 Å². The van der Waals surface area contributed by atoms with Crippen LogP contribution in [0.2, 0.25) is 0 Å². The molecule has 0 heterocycles. The zero-order chi connectivity index (χ0) is 18.0. The Labute approximate surface area is 144 Å². The van der Waals surface area contributed by atoms with Gasteiger partial charge in [-0.15, -0.1) is 0 Å². The highest BCUT2D eigenvalue weighted by molar-refractivity contribution is 5.72. The van der Waals surface area contributed by atoms with Crippen molar-refractivity contribution in [3.63, 3.8) is 0 Å². The average Bonchev–Trinajstić information content (AvgIpc) is 2.54. The van der Waals surface area contributed by atoms with E-state index in [1.807, 2.05) is 0 Å². The molecular formula is C20H19F3O2. The second-order valence-electron chi connectivity index (χ2n) is 6.42. The molecule has 0 aliphatic heterocycles. The number of hydrogen-bond donors (Lipinski definition) is 2. The molecule has 1 saturated carbocycles. The van der Waals surface area contributed by atoms with Gasteiger partial charge in [-0.05, 0) is 42.5 Å². The van der Waals surface area contributed by atoms with Crippen molar-refractivity contribution in [2.75, 3.05) is 0 Å². The molecule has 0 atom stereocenters. The fraction of sp³-hybridized carbons (Fsp3) is 0.300. The van der Waals surface area contributed by atoms with E-state index >= 15 is 0 Å². The summed E-state index contributed by atoms with van der Waals surface area (Å²) in [6, 6.07) is 4.12. The Balaban J connectivity index is 1.89. The summed E-state index contributed by atoms with van der Waals surface area (Å²) in [5.41, 5.74) is 0.561. The minimum absolute atomic E-state index is 0.0217. The molecule has 1 aliphatic rings. The zero-order valence-electron chi connectivity index (χ0n) is 13.6. The molecule has 2 aromatic carbocycles. The van der Waals surface area contributed by atoms with Gasteiger partial charge in [0.05, 0.1) is 0 Å². The summed E-state index contributed by atoms with van der Waals surface area (Å²) in [5, 5.41) is 20.6. The molecule has 0 spiro atoms. The van der Waals surface area contributed by atoms with E-state index in [1.165, 1.54) is 18.2 Å². The van der Waals surface area contributed by atoms with Gasteiger partial charge in [-0.2, -0.15) is 0 Å². The summed E-state index contributed by atoms with van der Waals surface area (Å²) in [7, 11) is 0. The molecule has 1 fully saturated rings. The van der Waals surface area contributed by atoms with Gasteiger partial charge in [0.2, 0.25) is 0 Å². The number of phenolic OH excluding ortho intramolecular Hbond substituents is 2. The molecule has 2 N–H and O–H groups in total. The molecule has 0 bridgehead atoms. The molecule has 1 aliphatic carbocycles. The number of halogens is 3. The van der Waals surface area contributed by atoms with Crippen LogP contribution in [0.3, 0.4) is 0 Å². The van der Waals surface area contributed by atoms with Crippen LogP contribution in [0.1, 0.15) is 54.7 Å². The Morgan fingerprint density at radius 1 is 0.800 bits per heavy atom. The Morgan fingerprint density at radius 3 is 1.92 bits per heavy atom. The third-order valence-corrected chi connectivity index (χ3v) is 4.66. The lowest BCUT2D eigenvalue weighted by Gasteiger charge is -2.23. The van der Waals surface area contributed by atoms with Crippen molar-refractivity contribution in [2.45, 2.75) is 38.0 Å². The van der Waals surface area contributed by atoms with Gasteiger partial charge in [0.15, 0.2) is 0 Å². The minimum atomic E-state index is -1.01. The summed E-state index contributed by atoms with van der Waals surface area (Å²) < 4.78 is 40.2. The predicted molar refractivity (Wildman–Crippen MR) is 90.8 cm³/mol. The number of phenols is 2. The second-order valence-corrected chi connectivity index (χ2v) is 6.42. The lowest BCUT2D eigenvalue weighted by atomic mass is 9.83. The largest absolute Gasteiger partial charge is 0.507 e. The Kier molecular flexibility index (Phi) is 5.02. The summed E-state index contributed by atoms with van der Waals surface area (Å²) >= 11 is 0. The van der Waals surface area contributed by atoms with Crippen molar-refractivity contribution in [3.05, 3.63) is 58.4 Å². The van der Waals surface area contributed by atoms with Crippen molar-refractivity contribution in [1.82, 2.24) is 0 Å². The highest BCUT2D eigenvalue weighted by atomic mass is 19.1. The van der Waals surface area contributed by atoms with E-state index < -0.39 is 17.5 Å². The summed E-state index contributed by atoms with van der Waals surface area (Å²) in [6.45, 7) is 0. The van der Waals surface area contributed by atoms with Crippen LogP contribution in [0.15, 0.2) is 24.3 Å². The predicted octanol–water partition coefficient (Wildman–Crippen LogP) is 5.73. The molecule has 0 amide bonds. The first-order valence-electron chi connectivity index (χ1n) is 8.34. The van der Waals surface area contributed by atoms with Crippen LogP contribution in [0.4, 0.5) is 13.2 Å². The molecule has 0 radical (unpaired) electrons. The van der Waals surface area contributed by atoms with Gasteiger partial charge in [0.1, 0.15) is 29.0 Å². The van der Waals surface area contributed by atoms with Crippen LogP contribution in [-0.4, -0.2) is 10.2 Å². The van der Waals surface area contributed by atoms with Gasteiger partial charge in [0.25, 0.3) is 0 Å². The maximum Gasteiger partial charge on any atom is 0.136 e. The van der Waals surface area contributed by atoms with Gasteiger partial charge in [-0.3, -0.25) is 0 Å². The lowest BCUT2D eigenvalue weighted by molar-refractivity contribution is 0.389. The number of aromatic hydroxyl groups is 2. The van der Waals surface area contributed by atoms with E-state index in [4.69, 9.17) is 0 Å². The molecule has 5 heteroatoms. The molecule has 2 nitrogen and oxygen atoms in total. The first kappa shape index (κ1) is 17.4. The average molecular weight is 348 g/mol. The normalized spacial score (nSPS) is 15.8. The van der Waals surface area contributed by atoms with Crippen molar-refractivity contribution in [2.24, 2.45) is 0 Å². The molecule has 3 rings (SSSR count). The highest BCUT2D eigenvalue weighted by Crippen LogP contribution is 2.42. The Hall–Kier alpha value is -2.43. The standard InChI is InChI=1S/C20H19F3O2/c21-14-10-16(22)15(17(23)11-14)7-6-12-8-18(24)20(19(25)9-12)13-4-2-1-3-5-13/h6-11,13,24-25H,1-5H2. The van der Waals surface area contributed by atoms with E-state index in [0.29, 0.717) is 23.3 Å². The fourth-order valence-electron chi connectivity index (χ4n) is 3.44. The quantitative estimate of drug-likeness (QED) is 0.695. The zero-order valence-corrected chi connectivity index (χ0v) is 13.6. The van der Waals surface area contributed by atoms with Crippen molar-refractivity contribution >= 4 is 12.2 Å². The first-order chi connectivity index (χ1) is 12.0. The van der Waals surface area contributed by atoms with Gasteiger partial charge in [-0.1, -0.05) is 25.3 Å². The lowest BCUT2D eigenvalue weighted by Crippen LogP contribution is -2.05. The van der Waals surface area contributed by atoms with E-state index in [9.17, 15) is 23.4 Å². The van der Waals surface area contributed by atoms with Gasteiger partial charge in [-0.25, -0.2) is 13.2 Å². The molecule has 0 aromatic heterocycles. The summed E-state index contributed by atoms with van der Waals surface area (Å²) in [5.74, 6) is -2.93. The van der Waals surface area contributed by atoms with E-state index in [0.717, 1.165) is 38.2 Å². The van der Waals surface area contributed by atoms with Gasteiger partial charge < -0.3 is 10.2 Å². The minimum Gasteiger partial charge on any atom is -0.507 e. The third kappa shape index (κ3) is 3.81. The number of rotatable bonds is 3. The van der Waals surface area contributed by atoms with Crippen LogP contribution in [0.25, 0.3) is 12.2 Å².